The Kier molecular flexibility index (Phi) is 7.31. The molecular formula is C15H20ClF3N2O2. The smallest absolute Gasteiger partial charge is 0.375 e. The molecule has 1 aromatic carbocycles. The molecule has 1 saturated heterocycles. The highest BCUT2D eigenvalue weighted by Gasteiger charge is 2.33. The van der Waals surface area contributed by atoms with Crippen LogP contribution in [0.2, 0.25) is 0 Å². The van der Waals surface area contributed by atoms with E-state index in [0.717, 1.165) is 6.07 Å². The van der Waals surface area contributed by atoms with E-state index in [2.05, 4.69) is 10.6 Å². The summed E-state index contributed by atoms with van der Waals surface area (Å²) in [6.07, 6.45) is -4.51. The van der Waals surface area contributed by atoms with Crippen molar-refractivity contribution in [2.45, 2.75) is 31.7 Å². The molecule has 0 radical (unpaired) electrons. The fraction of sp³-hybridized carbons (Fsp3) is 0.533. The van der Waals surface area contributed by atoms with Gasteiger partial charge in [0, 0.05) is 13.1 Å². The van der Waals surface area contributed by atoms with Gasteiger partial charge in [0.15, 0.2) is 0 Å². The number of amides is 1. The summed E-state index contributed by atoms with van der Waals surface area (Å²) in [4.78, 5) is 12.0. The van der Waals surface area contributed by atoms with Gasteiger partial charge in [0.1, 0.15) is 6.04 Å². The minimum atomic E-state index is -4.38. The van der Waals surface area contributed by atoms with Gasteiger partial charge >= 0.3 is 6.18 Å². The zero-order chi connectivity index (χ0) is 16.2. The Hall–Kier alpha value is -1.31. The van der Waals surface area contributed by atoms with Crippen LogP contribution in [0, 0.1) is 0 Å². The van der Waals surface area contributed by atoms with Crippen LogP contribution in [0.5, 0.6) is 0 Å². The van der Waals surface area contributed by atoms with Gasteiger partial charge < -0.3 is 15.4 Å². The molecule has 1 heterocycles. The van der Waals surface area contributed by atoms with Crippen molar-refractivity contribution in [3.05, 3.63) is 35.4 Å². The van der Waals surface area contributed by atoms with Crippen molar-refractivity contribution in [3.8, 4) is 0 Å². The predicted octanol–water partition coefficient (Wildman–Crippen LogP) is 2.16. The van der Waals surface area contributed by atoms with Crippen molar-refractivity contribution in [2.75, 3.05) is 19.7 Å². The van der Waals surface area contributed by atoms with E-state index in [9.17, 15) is 18.0 Å². The molecule has 0 unspecified atom stereocenters. The first kappa shape index (κ1) is 19.7. The van der Waals surface area contributed by atoms with E-state index in [1.165, 1.54) is 12.1 Å². The first-order valence-corrected chi connectivity index (χ1v) is 7.17. The number of ether oxygens (including phenoxy) is 1. The van der Waals surface area contributed by atoms with E-state index < -0.39 is 17.8 Å². The Morgan fingerprint density at radius 2 is 2.09 bits per heavy atom. The Labute approximate surface area is 139 Å². The third-order valence-corrected chi connectivity index (χ3v) is 3.62. The first-order chi connectivity index (χ1) is 10.4. The van der Waals surface area contributed by atoms with Gasteiger partial charge in [-0.15, -0.1) is 12.4 Å². The third-order valence-electron chi connectivity index (χ3n) is 3.62. The molecule has 1 aromatic rings. The summed E-state index contributed by atoms with van der Waals surface area (Å²) in [5.41, 5.74) is -0.479. The summed E-state index contributed by atoms with van der Waals surface area (Å²) in [6, 6.07) is 4.93. The largest absolute Gasteiger partial charge is 0.416 e. The summed E-state index contributed by atoms with van der Waals surface area (Å²) in [5.74, 6) is -0.253. The summed E-state index contributed by atoms with van der Waals surface area (Å²) >= 11 is 0. The Morgan fingerprint density at radius 1 is 1.39 bits per heavy atom. The van der Waals surface area contributed by atoms with Gasteiger partial charge in [-0.2, -0.15) is 13.2 Å². The Balaban J connectivity index is 0.00000264. The molecule has 2 N–H and O–H groups in total. The lowest BCUT2D eigenvalue weighted by molar-refractivity contribution is -0.138. The molecule has 4 nitrogen and oxygen atoms in total. The molecule has 1 aliphatic heterocycles. The summed E-state index contributed by atoms with van der Waals surface area (Å²) in [5, 5.41) is 5.70. The second-order valence-corrected chi connectivity index (χ2v) is 5.20. The van der Waals surface area contributed by atoms with Crippen molar-refractivity contribution in [2.24, 2.45) is 0 Å². The molecule has 0 saturated carbocycles. The number of alkyl halides is 3. The van der Waals surface area contributed by atoms with Crippen LogP contribution < -0.4 is 10.6 Å². The minimum absolute atomic E-state index is 0. The van der Waals surface area contributed by atoms with Gasteiger partial charge in [0.25, 0.3) is 0 Å². The second-order valence-electron chi connectivity index (χ2n) is 5.20. The van der Waals surface area contributed by atoms with Crippen LogP contribution in [-0.2, 0) is 22.1 Å². The van der Waals surface area contributed by atoms with Crippen molar-refractivity contribution in [1.29, 1.82) is 0 Å². The third kappa shape index (κ3) is 5.37. The van der Waals surface area contributed by atoms with Gasteiger partial charge in [0.2, 0.25) is 5.91 Å². The molecule has 0 bridgehead atoms. The van der Waals surface area contributed by atoms with Crippen molar-refractivity contribution < 1.29 is 22.7 Å². The molecule has 1 fully saturated rings. The van der Waals surface area contributed by atoms with Crippen LogP contribution >= 0.6 is 12.4 Å². The van der Waals surface area contributed by atoms with Gasteiger partial charge in [-0.1, -0.05) is 18.2 Å². The number of carbonyl (C=O) groups excluding carboxylic acids is 1. The fourth-order valence-electron chi connectivity index (χ4n) is 2.47. The SMILES string of the molecule is C[C@H]1OCCN[C@@H]1C(=O)NCCc1ccccc1C(F)(F)F.Cl. The monoisotopic (exact) mass is 352 g/mol. The highest BCUT2D eigenvalue weighted by Crippen LogP contribution is 2.31. The van der Waals surface area contributed by atoms with Crippen LogP contribution in [0.4, 0.5) is 13.2 Å². The van der Waals surface area contributed by atoms with Gasteiger partial charge in [-0.05, 0) is 25.0 Å². The topological polar surface area (TPSA) is 50.4 Å². The number of halogens is 4. The molecule has 23 heavy (non-hydrogen) atoms. The standard InChI is InChI=1S/C15H19F3N2O2.ClH/c1-10-13(19-8-9-22-10)14(21)20-7-6-11-4-2-3-5-12(11)15(16,17)18;/h2-5,10,13,19H,6-9H2,1H3,(H,20,21);1H/t10-,13+;/m1./s1. The number of morpholine rings is 1. The van der Waals surface area contributed by atoms with Crippen LogP contribution in [0.25, 0.3) is 0 Å². The normalized spacial score (nSPS) is 21.4. The van der Waals surface area contributed by atoms with E-state index in [1.54, 1.807) is 13.0 Å². The molecule has 2 rings (SSSR count). The average molecular weight is 353 g/mol. The summed E-state index contributed by atoms with van der Waals surface area (Å²) in [6.45, 7) is 3.06. The summed E-state index contributed by atoms with van der Waals surface area (Å²) in [7, 11) is 0. The fourth-order valence-corrected chi connectivity index (χ4v) is 2.47. The Morgan fingerprint density at radius 3 is 2.74 bits per heavy atom. The lowest BCUT2D eigenvalue weighted by Gasteiger charge is -2.29. The zero-order valence-corrected chi connectivity index (χ0v) is 13.5. The molecule has 0 spiro atoms. The molecule has 1 amide bonds. The number of benzene rings is 1. The maximum atomic E-state index is 12.9. The van der Waals surface area contributed by atoms with Crippen LogP contribution in [0.1, 0.15) is 18.1 Å². The lowest BCUT2D eigenvalue weighted by atomic mass is 10.0. The van der Waals surface area contributed by atoms with E-state index in [4.69, 9.17) is 4.74 Å². The maximum Gasteiger partial charge on any atom is 0.416 e. The van der Waals surface area contributed by atoms with Crippen molar-refractivity contribution in [3.63, 3.8) is 0 Å². The highest BCUT2D eigenvalue weighted by molar-refractivity contribution is 5.85. The number of carbonyl (C=O) groups is 1. The van der Waals surface area contributed by atoms with E-state index >= 15 is 0 Å². The Bertz CT molecular complexity index is 526. The number of hydrogen-bond acceptors (Lipinski definition) is 3. The predicted molar refractivity (Wildman–Crippen MR) is 82.6 cm³/mol. The van der Waals surface area contributed by atoms with Gasteiger partial charge in [-0.3, -0.25) is 4.79 Å². The maximum absolute atomic E-state index is 12.9. The average Bonchev–Trinajstić information content (AvgIpc) is 2.47. The quantitative estimate of drug-likeness (QED) is 0.873. The van der Waals surface area contributed by atoms with Crippen molar-refractivity contribution in [1.82, 2.24) is 10.6 Å². The number of rotatable bonds is 4. The molecule has 8 heteroatoms. The molecule has 0 aromatic heterocycles. The molecular weight excluding hydrogens is 333 g/mol. The molecule has 1 aliphatic rings. The zero-order valence-electron chi connectivity index (χ0n) is 12.7. The van der Waals surface area contributed by atoms with Gasteiger partial charge in [-0.25, -0.2) is 0 Å². The highest BCUT2D eigenvalue weighted by atomic mass is 35.5. The molecule has 0 aliphatic carbocycles. The molecule has 2 atom stereocenters. The first-order valence-electron chi connectivity index (χ1n) is 7.17. The second kappa shape index (κ2) is 8.52. The molecule has 130 valence electrons. The number of nitrogens with one attached hydrogen (secondary N) is 2. The van der Waals surface area contributed by atoms with E-state index in [1.807, 2.05) is 0 Å². The van der Waals surface area contributed by atoms with Crippen molar-refractivity contribution >= 4 is 18.3 Å². The van der Waals surface area contributed by atoms with E-state index in [0.29, 0.717) is 13.2 Å². The van der Waals surface area contributed by atoms with Gasteiger partial charge in [0.05, 0.1) is 18.3 Å². The lowest BCUT2D eigenvalue weighted by Crippen LogP contribution is -2.55. The van der Waals surface area contributed by atoms with E-state index in [-0.39, 0.29) is 42.9 Å². The van der Waals surface area contributed by atoms with Crippen LogP contribution in [-0.4, -0.2) is 37.7 Å². The number of hydrogen-bond donors (Lipinski definition) is 2. The van der Waals surface area contributed by atoms with Crippen LogP contribution in [0.15, 0.2) is 24.3 Å². The minimum Gasteiger partial charge on any atom is -0.375 e. The summed E-state index contributed by atoms with van der Waals surface area (Å²) < 4.78 is 44.0. The van der Waals surface area contributed by atoms with Crippen LogP contribution in [0.3, 0.4) is 0 Å².